The van der Waals surface area contributed by atoms with Gasteiger partial charge >= 0.3 is 0 Å². The van der Waals surface area contributed by atoms with Crippen molar-refractivity contribution in [1.82, 2.24) is 4.90 Å². The van der Waals surface area contributed by atoms with Crippen LogP contribution in [0.15, 0.2) is 0 Å². The van der Waals surface area contributed by atoms with Crippen LogP contribution in [0.4, 0.5) is 0 Å². The minimum Gasteiger partial charge on any atom is -0.338 e. The second kappa shape index (κ2) is 5.28. The lowest BCUT2D eigenvalue weighted by atomic mass is 9.63. The quantitative estimate of drug-likeness (QED) is 0.801. The lowest BCUT2D eigenvalue weighted by molar-refractivity contribution is -0.161. The summed E-state index contributed by atoms with van der Waals surface area (Å²) < 4.78 is 23.2. The molecule has 2 aliphatic heterocycles. The monoisotopic (exact) mass is 305 g/mol. The SMILES string of the molecule is CC(C)C1N(C(=O)CCS)CC12CCS(=O)(=O)CC2. The summed E-state index contributed by atoms with van der Waals surface area (Å²) in [5, 5.41) is 0. The lowest BCUT2D eigenvalue weighted by Gasteiger charge is -2.61. The zero-order chi connectivity index (χ0) is 14.3. The number of likely N-dealkylation sites (tertiary alicyclic amines) is 1. The number of hydrogen-bond acceptors (Lipinski definition) is 4. The Labute approximate surface area is 121 Å². The minimum atomic E-state index is -2.84. The Bertz CT molecular complexity index is 445. The minimum absolute atomic E-state index is 0.0474. The van der Waals surface area contributed by atoms with E-state index >= 15 is 0 Å². The van der Waals surface area contributed by atoms with Crippen molar-refractivity contribution in [3.63, 3.8) is 0 Å². The van der Waals surface area contributed by atoms with E-state index in [9.17, 15) is 13.2 Å². The van der Waals surface area contributed by atoms with Crippen LogP contribution >= 0.6 is 12.6 Å². The molecule has 0 bridgehead atoms. The number of thiol groups is 1. The van der Waals surface area contributed by atoms with Gasteiger partial charge in [-0.05, 0) is 24.5 Å². The molecule has 6 heteroatoms. The third-order valence-electron chi connectivity index (χ3n) is 4.55. The Balaban J connectivity index is 2.10. The van der Waals surface area contributed by atoms with E-state index in [2.05, 4.69) is 26.5 Å². The first-order valence-electron chi connectivity index (χ1n) is 6.92. The van der Waals surface area contributed by atoms with Gasteiger partial charge in [0.25, 0.3) is 0 Å². The Morgan fingerprint density at radius 2 is 1.95 bits per heavy atom. The van der Waals surface area contributed by atoms with Crippen molar-refractivity contribution in [3.8, 4) is 0 Å². The first-order valence-corrected chi connectivity index (χ1v) is 9.37. The summed E-state index contributed by atoms with van der Waals surface area (Å²) in [5.74, 6) is 1.67. The fraction of sp³-hybridized carbons (Fsp3) is 0.923. The van der Waals surface area contributed by atoms with Gasteiger partial charge in [-0.3, -0.25) is 4.79 Å². The molecular weight excluding hydrogens is 282 g/mol. The molecule has 4 nitrogen and oxygen atoms in total. The predicted octanol–water partition coefficient (Wildman–Crippen LogP) is 1.37. The fourth-order valence-electron chi connectivity index (χ4n) is 3.70. The maximum Gasteiger partial charge on any atom is 0.223 e. The summed E-state index contributed by atoms with van der Waals surface area (Å²) in [7, 11) is -2.84. The molecule has 110 valence electrons. The third kappa shape index (κ3) is 2.79. The maximum atomic E-state index is 12.1. The van der Waals surface area contributed by atoms with Crippen LogP contribution in [0.5, 0.6) is 0 Å². The van der Waals surface area contributed by atoms with Crippen molar-refractivity contribution in [1.29, 1.82) is 0 Å². The van der Waals surface area contributed by atoms with Crippen molar-refractivity contribution < 1.29 is 13.2 Å². The highest BCUT2D eigenvalue weighted by Crippen LogP contribution is 2.49. The van der Waals surface area contributed by atoms with E-state index in [1.54, 1.807) is 0 Å². The molecule has 2 aliphatic rings. The van der Waals surface area contributed by atoms with Crippen molar-refractivity contribution in [2.24, 2.45) is 11.3 Å². The van der Waals surface area contributed by atoms with Crippen molar-refractivity contribution in [2.45, 2.75) is 39.2 Å². The van der Waals surface area contributed by atoms with E-state index in [4.69, 9.17) is 0 Å². The highest BCUT2D eigenvalue weighted by Gasteiger charge is 2.56. The average molecular weight is 305 g/mol. The molecule has 1 amide bonds. The lowest BCUT2D eigenvalue weighted by Crippen LogP contribution is -2.69. The molecule has 0 N–H and O–H groups in total. The van der Waals surface area contributed by atoms with Gasteiger partial charge in [0.05, 0.1) is 11.5 Å². The number of sulfone groups is 1. The molecule has 0 aromatic carbocycles. The highest BCUT2D eigenvalue weighted by molar-refractivity contribution is 7.91. The predicted molar refractivity (Wildman–Crippen MR) is 79.1 cm³/mol. The van der Waals surface area contributed by atoms with Crippen LogP contribution in [0.25, 0.3) is 0 Å². The second-order valence-electron chi connectivity index (χ2n) is 6.20. The zero-order valence-corrected chi connectivity index (χ0v) is 13.3. The average Bonchev–Trinajstić information content (AvgIpc) is 2.26. The number of amides is 1. The smallest absolute Gasteiger partial charge is 0.223 e. The molecule has 2 fully saturated rings. The van der Waals surface area contributed by atoms with Crippen molar-refractivity contribution >= 4 is 28.4 Å². The van der Waals surface area contributed by atoms with Gasteiger partial charge in [-0.25, -0.2) is 8.42 Å². The van der Waals surface area contributed by atoms with E-state index in [0.717, 1.165) is 6.54 Å². The molecule has 2 heterocycles. The first-order chi connectivity index (χ1) is 8.81. The summed E-state index contributed by atoms with van der Waals surface area (Å²) >= 11 is 4.11. The van der Waals surface area contributed by atoms with E-state index in [0.29, 0.717) is 30.9 Å². The van der Waals surface area contributed by atoms with E-state index < -0.39 is 9.84 Å². The van der Waals surface area contributed by atoms with Crippen LogP contribution in [0.2, 0.25) is 0 Å². The van der Waals surface area contributed by atoms with Crippen LogP contribution < -0.4 is 0 Å². The molecule has 2 saturated heterocycles. The molecule has 1 unspecified atom stereocenters. The molecular formula is C13H23NO3S2. The number of carbonyl (C=O) groups excluding carboxylic acids is 1. The van der Waals surface area contributed by atoms with Gasteiger partial charge < -0.3 is 4.90 Å². The number of hydrogen-bond donors (Lipinski definition) is 1. The molecule has 1 atom stereocenters. The first kappa shape index (κ1) is 15.2. The summed E-state index contributed by atoms with van der Waals surface area (Å²) in [6.07, 6.45) is 1.90. The van der Waals surface area contributed by atoms with Gasteiger partial charge in [0.2, 0.25) is 5.91 Å². The van der Waals surface area contributed by atoms with Crippen molar-refractivity contribution in [2.75, 3.05) is 23.8 Å². The fourth-order valence-corrected chi connectivity index (χ4v) is 5.53. The summed E-state index contributed by atoms with van der Waals surface area (Å²) in [5.41, 5.74) is 0.0474. The van der Waals surface area contributed by atoms with Gasteiger partial charge in [0.15, 0.2) is 0 Å². The summed E-state index contributed by atoms with van der Waals surface area (Å²) in [6, 6.07) is 0.204. The van der Waals surface area contributed by atoms with Crippen LogP contribution in [0.3, 0.4) is 0 Å². The Morgan fingerprint density at radius 3 is 2.42 bits per heavy atom. The number of nitrogens with zero attached hydrogens (tertiary/aromatic N) is 1. The second-order valence-corrected chi connectivity index (χ2v) is 8.95. The highest BCUT2D eigenvalue weighted by atomic mass is 32.2. The molecule has 19 heavy (non-hydrogen) atoms. The van der Waals surface area contributed by atoms with Crippen LogP contribution in [0.1, 0.15) is 33.1 Å². The maximum absolute atomic E-state index is 12.1. The van der Waals surface area contributed by atoms with E-state index in [1.807, 2.05) is 4.90 Å². The van der Waals surface area contributed by atoms with Crippen LogP contribution in [-0.2, 0) is 14.6 Å². The Hall–Kier alpha value is -0.230. The van der Waals surface area contributed by atoms with Gasteiger partial charge in [-0.1, -0.05) is 13.8 Å². The van der Waals surface area contributed by atoms with Gasteiger partial charge in [-0.2, -0.15) is 12.6 Å². The van der Waals surface area contributed by atoms with Gasteiger partial charge in [0, 0.05) is 24.4 Å². The molecule has 0 radical (unpaired) electrons. The zero-order valence-electron chi connectivity index (χ0n) is 11.6. The number of rotatable bonds is 3. The molecule has 0 aromatic rings. The molecule has 2 rings (SSSR count). The standard InChI is InChI=1S/C13H23NO3S2/c1-10(2)12-13(4-7-19(16,17)8-5-13)9-14(12)11(15)3-6-18/h10,12,18H,3-9H2,1-2H3. The van der Waals surface area contributed by atoms with Gasteiger partial charge in [-0.15, -0.1) is 0 Å². The summed E-state index contributed by atoms with van der Waals surface area (Å²) in [4.78, 5) is 14.0. The topological polar surface area (TPSA) is 54.5 Å². The molecule has 0 aliphatic carbocycles. The van der Waals surface area contributed by atoms with Crippen LogP contribution in [-0.4, -0.2) is 49.1 Å². The van der Waals surface area contributed by atoms with E-state index in [1.165, 1.54) is 0 Å². The van der Waals surface area contributed by atoms with Crippen LogP contribution in [0, 0.1) is 11.3 Å². The Morgan fingerprint density at radius 1 is 1.37 bits per heavy atom. The third-order valence-corrected chi connectivity index (χ3v) is 6.42. The number of carbonyl (C=O) groups is 1. The van der Waals surface area contributed by atoms with Crippen molar-refractivity contribution in [3.05, 3.63) is 0 Å². The Kier molecular flexibility index (Phi) is 4.21. The van der Waals surface area contributed by atoms with E-state index in [-0.39, 0.29) is 28.9 Å². The van der Waals surface area contributed by atoms with Gasteiger partial charge in [0.1, 0.15) is 9.84 Å². The molecule has 0 aromatic heterocycles. The summed E-state index contributed by atoms with van der Waals surface area (Å²) in [6.45, 7) is 4.98. The normalized spacial score (nSPS) is 28.4. The molecule has 1 spiro atoms. The largest absolute Gasteiger partial charge is 0.338 e. The molecule has 0 saturated carbocycles.